The highest BCUT2D eigenvalue weighted by Gasteiger charge is 2.31. The molecule has 0 aliphatic carbocycles. The number of nitrogens with one attached hydrogen (secondary N) is 1. The molecule has 7 nitrogen and oxygen atoms in total. The number of rotatable bonds is 8. The van der Waals surface area contributed by atoms with Gasteiger partial charge in [0.25, 0.3) is 5.91 Å². The van der Waals surface area contributed by atoms with Gasteiger partial charge in [0.15, 0.2) is 17.3 Å². The third kappa shape index (κ3) is 5.94. The number of aliphatic hydroxyl groups excluding tert-OH is 1. The molecular weight excluding hydrogens is 506 g/mol. The molecule has 1 amide bonds. The molecule has 0 radical (unpaired) electrons. The van der Waals surface area contributed by atoms with Crippen LogP contribution >= 0.6 is 0 Å². The Labute approximate surface area is 225 Å². The molecule has 3 aromatic rings. The molecule has 0 saturated carbocycles. The molecule has 1 saturated heterocycles. The molecule has 9 heteroatoms. The second-order valence-electron chi connectivity index (χ2n) is 9.93. The molecule has 2 heterocycles. The zero-order valence-electron chi connectivity index (χ0n) is 21.6. The molecule has 39 heavy (non-hydrogen) atoms. The molecule has 2 aliphatic heterocycles. The highest BCUT2D eigenvalue weighted by atomic mass is 19.1. The molecule has 204 valence electrons. The Hall–Kier alpha value is -3.82. The molecular formula is C30H30F2N2O5. The average Bonchev–Trinajstić information content (AvgIpc) is 3.45. The number of nitrogens with zero attached hydrogens (tertiary/aromatic N) is 1. The predicted molar refractivity (Wildman–Crippen MR) is 141 cm³/mol. The number of amides is 1. The van der Waals surface area contributed by atoms with Gasteiger partial charge in [0.1, 0.15) is 25.1 Å². The van der Waals surface area contributed by atoms with Crippen LogP contribution < -0.4 is 14.8 Å². The highest BCUT2D eigenvalue weighted by Crippen LogP contribution is 2.36. The van der Waals surface area contributed by atoms with Gasteiger partial charge >= 0.3 is 0 Å². The van der Waals surface area contributed by atoms with Gasteiger partial charge in [-0.05, 0) is 79.4 Å². The Balaban J connectivity index is 1.34. The van der Waals surface area contributed by atoms with Crippen LogP contribution in [-0.2, 0) is 4.79 Å². The van der Waals surface area contributed by atoms with Crippen LogP contribution in [0.2, 0.25) is 0 Å². The van der Waals surface area contributed by atoms with E-state index in [4.69, 9.17) is 9.47 Å². The number of hydrogen-bond acceptors (Lipinski definition) is 6. The Kier molecular flexibility index (Phi) is 7.90. The fraction of sp³-hybridized carbons (Fsp3) is 0.333. The largest absolute Gasteiger partial charge is 0.486 e. The molecule has 2 atom stereocenters. The number of ether oxygens (including phenoxy) is 2. The highest BCUT2D eigenvalue weighted by molar-refractivity contribution is 6.42. The van der Waals surface area contributed by atoms with Crippen LogP contribution in [0.4, 0.5) is 8.78 Å². The van der Waals surface area contributed by atoms with Crippen LogP contribution in [0.15, 0.2) is 54.6 Å². The van der Waals surface area contributed by atoms with Crippen LogP contribution in [0.1, 0.15) is 40.4 Å². The van der Waals surface area contributed by atoms with Crippen molar-refractivity contribution in [3.05, 3.63) is 82.9 Å². The lowest BCUT2D eigenvalue weighted by molar-refractivity contribution is -0.118. The summed E-state index contributed by atoms with van der Waals surface area (Å²) in [7, 11) is 0. The summed E-state index contributed by atoms with van der Waals surface area (Å²) >= 11 is 0. The quantitative estimate of drug-likeness (QED) is 0.331. The smallest absolute Gasteiger partial charge is 0.292 e. The summed E-state index contributed by atoms with van der Waals surface area (Å²) in [4.78, 5) is 28.2. The molecule has 0 spiro atoms. The first kappa shape index (κ1) is 26.8. The van der Waals surface area contributed by atoms with E-state index in [2.05, 4.69) is 10.2 Å². The number of carbonyl (C=O) groups excluding carboxylic acids is 2. The van der Waals surface area contributed by atoms with E-state index in [0.717, 1.165) is 42.6 Å². The number of ketones is 1. The van der Waals surface area contributed by atoms with Crippen LogP contribution in [0.3, 0.4) is 0 Å². The molecule has 2 aliphatic rings. The minimum atomic E-state index is -1.29. The van der Waals surface area contributed by atoms with Crippen LogP contribution in [0, 0.1) is 18.6 Å². The number of hydrogen-bond donors (Lipinski definition) is 2. The summed E-state index contributed by atoms with van der Waals surface area (Å²) < 4.78 is 39.0. The molecule has 5 rings (SSSR count). The number of aliphatic hydroxyl groups is 1. The van der Waals surface area contributed by atoms with Gasteiger partial charge in [-0.3, -0.25) is 9.59 Å². The van der Waals surface area contributed by atoms with Crippen LogP contribution in [0.5, 0.6) is 11.5 Å². The standard InChI is InChI=1S/C30H30F2N2O5/c1-18-14-22(31)8-9-23(18)19-4-6-20(7-5-19)28(36)30(37)33-25(17-34-10-2-3-11-34)27(35)21-15-24(32)29-26(16-21)38-12-13-39-29/h4-9,14-16,25,27,35H,2-3,10-13,17H2,1H3,(H,33,37)/t25-,27-/m1/s1. The first-order valence-corrected chi connectivity index (χ1v) is 13.0. The summed E-state index contributed by atoms with van der Waals surface area (Å²) in [6.07, 6.45) is 0.694. The van der Waals surface area contributed by atoms with E-state index in [1.807, 2.05) is 0 Å². The molecule has 1 fully saturated rings. The lowest BCUT2D eigenvalue weighted by Crippen LogP contribution is -2.48. The number of benzene rings is 3. The Bertz CT molecular complexity index is 1370. The number of fused-ring (bicyclic) bond motifs is 1. The van der Waals surface area contributed by atoms with Crippen molar-refractivity contribution in [1.29, 1.82) is 0 Å². The van der Waals surface area contributed by atoms with Crippen molar-refractivity contribution in [2.24, 2.45) is 0 Å². The zero-order valence-corrected chi connectivity index (χ0v) is 21.6. The minimum Gasteiger partial charge on any atom is -0.486 e. The SMILES string of the molecule is Cc1cc(F)ccc1-c1ccc(C(=O)C(=O)N[C@H](CN2CCCC2)[C@H](O)c2cc(F)c3c(c2)OCCO3)cc1. The zero-order chi connectivity index (χ0) is 27.5. The Morgan fingerprint density at radius 2 is 1.72 bits per heavy atom. The van der Waals surface area contributed by atoms with Crippen molar-refractivity contribution in [2.45, 2.75) is 31.9 Å². The summed E-state index contributed by atoms with van der Waals surface area (Å²) in [5.74, 6) is -2.45. The number of carbonyl (C=O) groups is 2. The summed E-state index contributed by atoms with van der Waals surface area (Å²) in [5.41, 5.74) is 2.75. The fourth-order valence-corrected chi connectivity index (χ4v) is 5.12. The summed E-state index contributed by atoms with van der Waals surface area (Å²) in [5, 5.41) is 13.9. The minimum absolute atomic E-state index is 0.00761. The van der Waals surface area contributed by atoms with E-state index in [1.165, 1.54) is 24.3 Å². The van der Waals surface area contributed by atoms with E-state index in [1.54, 1.807) is 37.3 Å². The summed E-state index contributed by atoms with van der Waals surface area (Å²) in [6, 6.07) is 12.8. The van der Waals surface area contributed by atoms with Gasteiger partial charge < -0.3 is 24.8 Å². The van der Waals surface area contributed by atoms with Gasteiger partial charge in [-0.25, -0.2) is 8.78 Å². The second-order valence-corrected chi connectivity index (χ2v) is 9.93. The number of aryl methyl sites for hydroxylation is 1. The Morgan fingerprint density at radius 1 is 1.00 bits per heavy atom. The average molecular weight is 537 g/mol. The molecule has 0 bridgehead atoms. The maximum Gasteiger partial charge on any atom is 0.292 e. The van der Waals surface area contributed by atoms with E-state index >= 15 is 0 Å². The Morgan fingerprint density at radius 3 is 2.44 bits per heavy atom. The maximum absolute atomic E-state index is 14.7. The van der Waals surface area contributed by atoms with Gasteiger partial charge in [0.2, 0.25) is 5.78 Å². The van der Waals surface area contributed by atoms with E-state index < -0.39 is 29.7 Å². The lowest BCUT2D eigenvalue weighted by atomic mass is 9.98. The van der Waals surface area contributed by atoms with Crippen LogP contribution in [0.25, 0.3) is 11.1 Å². The number of Topliss-reactive ketones (excluding diaryl/α,β-unsaturated/α-hetero) is 1. The van der Waals surface area contributed by atoms with Crippen molar-refractivity contribution in [3.63, 3.8) is 0 Å². The first-order chi connectivity index (χ1) is 18.8. The van der Waals surface area contributed by atoms with Crippen molar-refractivity contribution >= 4 is 11.7 Å². The predicted octanol–water partition coefficient (Wildman–Crippen LogP) is 4.21. The monoisotopic (exact) mass is 536 g/mol. The van der Waals surface area contributed by atoms with Crippen molar-refractivity contribution in [3.8, 4) is 22.6 Å². The number of likely N-dealkylation sites (tertiary alicyclic amines) is 1. The van der Waals surface area contributed by atoms with Gasteiger partial charge in [-0.15, -0.1) is 0 Å². The topological polar surface area (TPSA) is 88.1 Å². The molecule has 3 aromatic carbocycles. The number of halogens is 2. The van der Waals surface area contributed by atoms with Crippen molar-refractivity contribution in [2.75, 3.05) is 32.8 Å². The van der Waals surface area contributed by atoms with Gasteiger partial charge in [-0.2, -0.15) is 0 Å². The van der Waals surface area contributed by atoms with Crippen molar-refractivity contribution in [1.82, 2.24) is 10.2 Å². The molecule has 2 N–H and O–H groups in total. The van der Waals surface area contributed by atoms with Gasteiger partial charge in [0.05, 0.1) is 6.04 Å². The first-order valence-electron chi connectivity index (χ1n) is 13.0. The maximum atomic E-state index is 14.7. The normalized spacial score (nSPS) is 16.5. The second kappa shape index (κ2) is 11.5. The van der Waals surface area contributed by atoms with E-state index in [9.17, 15) is 23.5 Å². The third-order valence-electron chi connectivity index (χ3n) is 7.16. The third-order valence-corrected chi connectivity index (χ3v) is 7.16. The van der Waals surface area contributed by atoms with E-state index in [0.29, 0.717) is 6.54 Å². The van der Waals surface area contributed by atoms with Gasteiger partial charge in [-0.1, -0.05) is 30.3 Å². The molecule has 0 unspecified atom stereocenters. The van der Waals surface area contributed by atoms with Gasteiger partial charge in [0, 0.05) is 12.1 Å². The summed E-state index contributed by atoms with van der Waals surface area (Å²) in [6.45, 7) is 4.17. The lowest BCUT2D eigenvalue weighted by Gasteiger charge is -2.29. The van der Waals surface area contributed by atoms with Crippen molar-refractivity contribution < 1.29 is 33.0 Å². The van der Waals surface area contributed by atoms with Crippen LogP contribution in [-0.4, -0.2) is 60.6 Å². The molecule has 0 aromatic heterocycles. The fourth-order valence-electron chi connectivity index (χ4n) is 5.12. The van der Waals surface area contributed by atoms with E-state index in [-0.39, 0.29) is 41.7 Å².